The third-order valence-electron chi connectivity index (χ3n) is 1.64. The van der Waals surface area contributed by atoms with Gasteiger partial charge >= 0.3 is 0 Å². The van der Waals surface area contributed by atoms with E-state index in [0.717, 1.165) is 15.3 Å². The van der Waals surface area contributed by atoms with Gasteiger partial charge in [0.15, 0.2) is 0 Å². The van der Waals surface area contributed by atoms with Gasteiger partial charge in [0, 0.05) is 17.3 Å². The van der Waals surface area contributed by atoms with Crippen molar-refractivity contribution in [3.05, 3.63) is 27.4 Å². The lowest BCUT2D eigenvalue weighted by Gasteiger charge is -1.91. The Kier molecular flexibility index (Phi) is 2.21. The van der Waals surface area contributed by atoms with Crippen LogP contribution in [0.2, 0.25) is 0 Å². The third kappa shape index (κ3) is 1.66. The summed E-state index contributed by atoms with van der Waals surface area (Å²) >= 11 is 5.05. The van der Waals surface area contributed by atoms with E-state index in [1.165, 1.54) is 4.88 Å². The summed E-state index contributed by atoms with van der Waals surface area (Å²) in [7, 11) is 0. The van der Waals surface area contributed by atoms with E-state index < -0.39 is 0 Å². The Morgan fingerprint density at radius 2 is 2.23 bits per heavy atom. The van der Waals surface area contributed by atoms with Crippen LogP contribution in [0.5, 0.6) is 0 Å². The fourth-order valence-corrected chi connectivity index (χ4v) is 1.94. The van der Waals surface area contributed by atoms with E-state index >= 15 is 0 Å². The van der Waals surface area contributed by atoms with Gasteiger partial charge in [0.05, 0.1) is 10.2 Å². The minimum Gasteiger partial charge on any atom is -0.227 e. The molecular weight excluding hydrogens is 250 g/mol. The summed E-state index contributed by atoms with van der Waals surface area (Å²) in [6, 6.07) is 0. The molecule has 0 aromatic carbocycles. The highest BCUT2D eigenvalue weighted by Gasteiger charge is 2.05. The minimum absolute atomic E-state index is 0.909. The first kappa shape index (κ1) is 8.90. The molecule has 0 aliphatic rings. The van der Waals surface area contributed by atoms with E-state index in [1.54, 1.807) is 16.0 Å². The quantitative estimate of drug-likeness (QED) is 0.787. The Bertz CT molecular complexity index is 413. The summed E-state index contributed by atoms with van der Waals surface area (Å²) < 4.78 is 2.80. The first-order valence-electron chi connectivity index (χ1n) is 3.81. The zero-order chi connectivity index (χ0) is 9.42. The van der Waals surface area contributed by atoms with Gasteiger partial charge < -0.3 is 0 Å². The molecule has 0 unspecified atom stereocenters. The molecular formula is C8H8BrN3S. The normalized spacial score (nSPS) is 10.7. The molecule has 0 radical (unpaired) electrons. The molecule has 0 fully saturated rings. The first-order chi connectivity index (χ1) is 6.16. The molecule has 0 aliphatic heterocycles. The number of rotatable bonds is 1. The molecule has 5 heteroatoms. The zero-order valence-corrected chi connectivity index (χ0v) is 9.69. The van der Waals surface area contributed by atoms with Crippen molar-refractivity contribution in [2.45, 2.75) is 13.8 Å². The van der Waals surface area contributed by atoms with Gasteiger partial charge in [-0.2, -0.15) is 5.10 Å². The fourth-order valence-electron chi connectivity index (χ4n) is 0.986. The largest absolute Gasteiger partial charge is 0.227 e. The third-order valence-corrected chi connectivity index (χ3v) is 3.33. The van der Waals surface area contributed by atoms with E-state index in [0.29, 0.717) is 0 Å². The summed E-state index contributed by atoms with van der Waals surface area (Å²) in [6.45, 7) is 3.99. The summed E-state index contributed by atoms with van der Waals surface area (Å²) in [4.78, 5) is 5.43. The SMILES string of the molecule is Cc1cnc(-n2cc(Br)c(C)n2)s1. The number of aromatic nitrogens is 3. The first-order valence-corrected chi connectivity index (χ1v) is 5.42. The topological polar surface area (TPSA) is 30.7 Å². The van der Waals surface area contributed by atoms with Gasteiger partial charge in [0.2, 0.25) is 5.13 Å². The second-order valence-electron chi connectivity index (χ2n) is 2.76. The Labute approximate surface area is 88.6 Å². The second-order valence-corrected chi connectivity index (χ2v) is 4.83. The number of halogens is 1. The molecule has 0 atom stereocenters. The number of hydrogen-bond donors (Lipinski definition) is 0. The van der Waals surface area contributed by atoms with Crippen LogP contribution in [0.4, 0.5) is 0 Å². The van der Waals surface area contributed by atoms with Crippen molar-refractivity contribution >= 4 is 27.3 Å². The molecule has 68 valence electrons. The molecule has 2 aromatic rings. The maximum Gasteiger partial charge on any atom is 0.210 e. The highest BCUT2D eigenvalue weighted by molar-refractivity contribution is 9.10. The smallest absolute Gasteiger partial charge is 0.210 e. The second kappa shape index (κ2) is 3.23. The van der Waals surface area contributed by atoms with Crippen molar-refractivity contribution in [2.24, 2.45) is 0 Å². The fraction of sp³-hybridized carbons (Fsp3) is 0.250. The van der Waals surface area contributed by atoms with Crippen LogP contribution in [0.25, 0.3) is 5.13 Å². The molecule has 0 N–H and O–H groups in total. The molecule has 0 bridgehead atoms. The maximum absolute atomic E-state index is 4.31. The van der Waals surface area contributed by atoms with Crippen LogP contribution in [-0.4, -0.2) is 14.8 Å². The summed E-state index contributed by atoms with van der Waals surface area (Å²) in [6.07, 6.45) is 3.78. The number of hydrogen-bond acceptors (Lipinski definition) is 3. The Morgan fingerprint density at radius 3 is 2.69 bits per heavy atom. The van der Waals surface area contributed by atoms with E-state index in [9.17, 15) is 0 Å². The average Bonchev–Trinajstić information content (AvgIpc) is 2.61. The number of aryl methyl sites for hydroxylation is 2. The standard InChI is InChI=1S/C8H8BrN3S/c1-5-3-10-8(13-5)12-4-7(9)6(2)11-12/h3-4H,1-2H3. The Hall–Kier alpha value is -0.680. The van der Waals surface area contributed by atoms with Gasteiger partial charge in [0.1, 0.15) is 0 Å². The molecule has 0 saturated carbocycles. The van der Waals surface area contributed by atoms with Gasteiger partial charge in [0.25, 0.3) is 0 Å². The number of nitrogens with zero attached hydrogens (tertiary/aromatic N) is 3. The van der Waals surface area contributed by atoms with Crippen LogP contribution in [0.1, 0.15) is 10.6 Å². The summed E-state index contributed by atoms with van der Waals surface area (Å²) in [5.74, 6) is 0. The average molecular weight is 258 g/mol. The predicted octanol–water partition coefficient (Wildman–Crippen LogP) is 2.71. The Morgan fingerprint density at radius 1 is 1.46 bits per heavy atom. The van der Waals surface area contributed by atoms with Crippen molar-refractivity contribution in [1.29, 1.82) is 0 Å². The van der Waals surface area contributed by atoms with Crippen molar-refractivity contribution in [1.82, 2.24) is 14.8 Å². The van der Waals surface area contributed by atoms with Crippen molar-refractivity contribution in [2.75, 3.05) is 0 Å². The monoisotopic (exact) mass is 257 g/mol. The zero-order valence-electron chi connectivity index (χ0n) is 7.28. The van der Waals surface area contributed by atoms with Gasteiger partial charge in [-0.15, -0.1) is 11.3 Å². The summed E-state index contributed by atoms with van der Waals surface area (Å²) in [5, 5.41) is 5.22. The van der Waals surface area contributed by atoms with Crippen LogP contribution < -0.4 is 0 Å². The molecule has 2 rings (SSSR count). The van der Waals surface area contributed by atoms with Crippen LogP contribution in [-0.2, 0) is 0 Å². The maximum atomic E-state index is 4.31. The molecule has 0 saturated heterocycles. The van der Waals surface area contributed by atoms with Gasteiger partial charge in [-0.05, 0) is 29.8 Å². The van der Waals surface area contributed by atoms with E-state index in [2.05, 4.69) is 26.0 Å². The predicted molar refractivity (Wildman–Crippen MR) is 56.4 cm³/mol. The van der Waals surface area contributed by atoms with Crippen molar-refractivity contribution < 1.29 is 0 Å². The van der Waals surface area contributed by atoms with Gasteiger partial charge in [-0.1, -0.05) is 0 Å². The van der Waals surface area contributed by atoms with Crippen LogP contribution in [0.3, 0.4) is 0 Å². The molecule has 13 heavy (non-hydrogen) atoms. The lowest BCUT2D eigenvalue weighted by molar-refractivity contribution is 0.853. The summed E-state index contributed by atoms with van der Waals surface area (Å²) in [5.41, 5.74) is 0.979. The van der Waals surface area contributed by atoms with Crippen LogP contribution >= 0.6 is 27.3 Å². The van der Waals surface area contributed by atoms with Gasteiger partial charge in [-0.25, -0.2) is 9.67 Å². The van der Waals surface area contributed by atoms with Gasteiger partial charge in [-0.3, -0.25) is 0 Å². The van der Waals surface area contributed by atoms with E-state index in [4.69, 9.17) is 0 Å². The minimum atomic E-state index is 0.909. The molecule has 2 aromatic heterocycles. The highest BCUT2D eigenvalue weighted by Crippen LogP contribution is 2.20. The van der Waals surface area contributed by atoms with E-state index in [-0.39, 0.29) is 0 Å². The van der Waals surface area contributed by atoms with E-state index in [1.807, 2.05) is 26.2 Å². The lowest BCUT2D eigenvalue weighted by atomic mass is 10.5. The molecule has 0 aliphatic carbocycles. The molecule has 0 amide bonds. The highest BCUT2D eigenvalue weighted by atomic mass is 79.9. The molecule has 2 heterocycles. The van der Waals surface area contributed by atoms with Crippen LogP contribution in [0, 0.1) is 13.8 Å². The Balaban J connectivity index is 2.46. The van der Waals surface area contributed by atoms with Crippen LogP contribution in [0.15, 0.2) is 16.9 Å². The lowest BCUT2D eigenvalue weighted by Crippen LogP contribution is -1.92. The van der Waals surface area contributed by atoms with Crippen molar-refractivity contribution in [3.8, 4) is 5.13 Å². The van der Waals surface area contributed by atoms with Crippen molar-refractivity contribution in [3.63, 3.8) is 0 Å². The number of thiazole rings is 1. The molecule has 3 nitrogen and oxygen atoms in total. The molecule has 0 spiro atoms.